The first-order chi connectivity index (χ1) is 9.14. The van der Waals surface area contributed by atoms with Crippen LogP contribution in [0.2, 0.25) is 0 Å². The Bertz CT molecular complexity index is 484. The van der Waals surface area contributed by atoms with Gasteiger partial charge in [-0.25, -0.2) is 0 Å². The molecule has 1 aliphatic rings. The Labute approximate surface area is 115 Å². The van der Waals surface area contributed by atoms with Crippen molar-refractivity contribution in [2.24, 2.45) is 0 Å². The zero-order chi connectivity index (χ0) is 13.7. The number of nitrogens with zero attached hydrogens (tertiary/aromatic N) is 2. The molecule has 1 N–H and O–H groups in total. The van der Waals surface area contributed by atoms with E-state index in [-0.39, 0.29) is 0 Å². The van der Waals surface area contributed by atoms with Crippen LogP contribution in [0.15, 0.2) is 30.3 Å². The van der Waals surface area contributed by atoms with Crippen molar-refractivity contribution in [3.8, 4) is 0 Å². The first-order valence-corrected chi connectivity index (χ1v) is 8.04. The third-order valence-corrected chi connectivity index (χ3v) is 5.34. The first-order valence-electron chi connectivity index (χ1n) is 6.64. The van der Waals surface area contributed by atoms with Crippen molar-refractivity contribution >= 4 is 10.2 Å². The van der Waals surface area contributed by atoms with Gasteiger partial charge in [0.2, 0.25) is 0 Å². The summed E-state index contributed by atoms with van der Waals surface area (Å²) in [6.07, 6.45) is 0. The Balaban J connectivity index is 2.11. The first kappa shape index (κ1) is 14.5. The van der Waals surface area contributed by atoms with Gasteiger partial charge in [0, 0.05) is 39.3 Å². The van der Waals surface area contributed by atoms with E-state index in [4.69, 9.17) is 0 Å². The highest BCUT2D eigenvalue weighted by Crippen LogP contribution is 2.13. The highest BCUT2D eigenvalue weighted by molar-refractivity contribution is 7.86. The molecule has 106 valence electrons. The van der Waals surface area contributed by atoms with Crippen molar-refractivity contribution in [1.29, 1.82) is 0 Å². The van der Waals surface area contributed by atoms with Gasteiger partial charge in [-0.15, -0.1) is 0 Å². The molecule has 1 heterocycles. The maximum Gasteiger partial charge on any atom is 0.282 e. The normalized spacial score (nSPS) is 17.8. The standard InChI is InChI=1S/C13H21N3O2S/c1-2-15(12-13-6-4-3-5-7-13)19(17,18)16-10-8-14-9-11-16/h3-7,14H,2,8-12H2,1H3. The predicted molar refractivity (Wildman–Crippen MR) is 75.9 cm³/mol. The number of benzene rings is 1. The Morgan fingerprint density at radius 3 is 2.42 bits per heavy atom. The van der Waals surface area contributed by atoms with E-state index < -0.39 is 10.2 Å². The molecule has 0 atom stereocenters. The van der Waals surface area contributed by atoms with Crippen LogP contribution >= 0.6 is 0 Å². The second kappa shape index (κ2) is 6.47. The maximum absolute atomic E-state index is 12.5. The van der Waals surface area contributed by atoms with E-state index in [1.54, 1.807) is 4.31 Å². The summed E-state index contributed by atoms with van der Waals surface area (Å²) in [7, 11) is -3.35. The van der Waals surface area contributed by atoms with Crippen molar-refractivity contribution in [1.82, 2.24) is 13.9 Å². The van der Waals surface area contributed by atoms with Crippen LogP contribution in [-0.4, -0.2) is 49.8 Å². The Kier molecular flexibility index (Phi) is 4.93. The number of piperazine rings is 1. The third kappa shape index (κ3) is 3.54. The number of nitrogens with one attached hydrogen (secondary N) is 1. The summed E-state index contributed by atoms with van der Waals surface area (Å²) < 4.78 is 28.2. The number of hydrogen-bond acceptors (Lipinski definition) is 3. The highest BCUT2D eigenvalue weighted by Gasteiger charge is 2.29. The fourth-order valence-corrected chi connectivity index (χ4v) is 3.79. The Morgan fingerprint density at radius 1 is 1.21 bits per heavy atom. The number of hydrogen-bond donors (Lipinski definition) is 1. The van der Waals surface area contributed by atoms with Crippen molar-refractivity contribution in [2.75, 3.05) is 32.7 Å². The van der Waals surface area contributed by atoms with Crippen molar-refractivity contribution < 1.29 is 8.42 Å². The Morgan fingerprint density at radius 2 is 1.84 bits per heavy atom. The smallest absolute Gasteiger partial charge is 0.282 e. The van der Waals surface area contributed by atoms with Crippen molar-refractivity contribution in [2.45, 2.75) is 13.5 Å². The maximum atomic E-state index is 12.5. The lowest BCUT2D eigenvalue weighted by molar-refractivity contribution is 0.312. The average molecular weight is 283 g/mol. The molecule has 0 saturated carbocycles. The summed E-state index contributed by atoms with van der Waals surface area (Å²) in [5.41, 5.74) is 1.02. The summed E-state index contributed by atoms with van der Waals surface area (Å²) in [5.74, 6) is 0. The SMILES string of the molecule is CCN(Cc1ccccc1)S(=O)(=O)N1CCNCC1. The molecule has 1 fully saturated rings. The minimum Gasteiger partial charge on any atom is -0.314 e. The van der Waals surface area contributed by atoms with E-state index in [1.165, 1.54) is 4.31 Å². The van der Waals surface area contributed by atoms with E-state index in [1.807, 2.05) is 37.3 Å². The van der Waals surface area contributed by atoms with Gasteiger partial charge in [-0.3, -0.25) is 0 Å². The summed E-state index contributed by atoms with van der Waals surface area (Å²) in [4.78, 5) is 0. The number of rotatable bonds is 5. The lowest BCUT2D eigenvalue weighted by Crippen LogP contribution is -2.51. The molecule has 6 heteroatoms. The molecule has 1 saturated heterocycles. The van der Waals surface area contributed by atoms with E-state index in [9.17, 15) is 8.42 Å². The van der Waals surface area contributed by atoms with Crippen LogP contribution in [0.4, 0.5) is 0 Å². The highest BCUT2D eigenvalue weighted by atomic mass is 32.2. The zero-order valence-electron chi connectivity index (χ0n) is 11.2. The summed E-state index contributed by atoms with van der Waals surface area (Å²) in [6.45, 7) is 5.35. The van der Waals surface area contributed by atoms with Gasteiger partial charge in [-0.1, -0.05) is 37.3 Å². The lowest BCUT2D eigenvalue weighted by atomic mass is 10.2. The van der Waals surface area contributed by atoms with Crippen LogP contribution in [-0.2, 0) is 16.8 Å². The van der Waals surface area contributed by atoms with Crippen molar-refractivity contribution in [3.63, 3.8) is 0 Å². The van der Waals surface area contributed by atoms with Gasteiger partial charge in [0.25, 0.3) is 10.2 Å². The van der Waals surface area contributed by atoms with Gasteiger partial charge in [-0.2, -0.15) is 17.0 Å². The largest absolute Gasteiger partial charge is 0.314 e. The minimum atomic E-state index is -3.35. The topological polar surface area (TPSA) is 52.7 Å². The monoisotopic (exact) mass is 283 g/mol. The van der Waals surface area contributed by atoms with Crippen LogP contribution in [0.1, 0.15) is 12.5 Å². The van der Waals surface area contributed by atoms with Crippen LogP contribution in [0.25, 0.3) is 0 Å². The minimum absolute atomic E-state index is 0.434. The molecule has 19 heavy (non-hydrogen) atoms. The third-order valence-electron chi connectivity index (χ3n) is 3.28. The van der Waals surface area contributed by atoms with E-state index in [0.29, 0.717) is 26.2 Å². The van der Waals surface area contributed by atoms with Gasteiger partial charge in [0.05, 0.1) is 0 Å². The molecule has 5 nitrogen and oxygen atoms in total. The average Bonchev–Trinajstić information content (AvgIpc) is 2.46. The van der Waals surface area contributed by atoms with Gasteiger partial charge < -0.3 is 5.32 Å². The van der Waals surface area contributed by atoms with Gasteiger partial charge in [0.1, 0.15) is 0 Å². The molecule has 1 aliphatic heterocycles. The predicted octanol–water partition coefficient (Wildman–Crippen LogP) is 0.659. The molecular formula is C13H21N3O2S. The van der Waals surface area contributed by atoms with Crippen LogP contribution in [0.3, 0.4) is 0 Å². The molecule has 1 aromatic carbocycles. The second-order valence-corrected chi connectivity index (χ2v) is 6.50. The molecule has 2 rings (SSSR count). The molecule has 0 radical (unpaired) electrons. The van der Waals surface area contributed by atoms with Crippen molar-refractivity contribution in [3.05, 3.63) is 35.9 Å². The molecule has 0 spiro atoms. The second-order valence-electron chi connectivity index (χ2n) is 4.57. The van der Waals surface area contributed by atoms with E-state index >= 15 is 0 Å². The quantitative estimate of drug-likeness (QED) is 0.863. The van der Waals surface area contributed by atoms with Gasteiger partial charge >= 0.3 is 0 Å². The fraction of sp³-hybridized carbons (Fsp3) is 0.538. The Hall–Kier alpha value is -0.950. The molecule has 1 aromatic rings. The van der Waals surface area contributed by atoms with Crippen LogP contribution < -0.4 is 5.32 Å². The molecule has 0 bridgehead atoms. The lowest BCUT2D eigenvalue weighted by Gasteiger charge is -2.32. The summed E-state index contributed by atoms with van der Waals surface area (Å²) in [6, 6.07) is 9.71. The molecular weight excluding hydrogens is 262 g/mol. The molecule has 0 unspecified atom stereocenters. The fourth-order valence-electron chi connectivity index (χ4n) is 2.18. The van der Waals surface area contributed by atoms with E-state index in [2.05, 4.69) is 5.32 Å². The van der Waals surface area contributed by atoms with E-state index in [0.717, 1.165) is 18.7 Å². The zero-order valence-corrected chi connectivity index (χ0v) is 12.1. The molecule has 0 aromatic heterocycles. The van der Waals surface area contributed by atoms with Crippen LogP contribution in [0.5, 0.6) is 0 Å². The van der Waals surface area contributed by atoms with Gasteiger partial charge in [-0.05, 0) is 5.56 Å². The summed E-state index contributed by atoms with van der Waals surface area (Å²) in [5, 5.41) is 3.17. The van der Waals surface area contributed by atoms with Crippen LogP contribution in [0, 0.1) is 0 Å². The summed E-state index contributed by atoms with van der Waals surface area (Å²) >= 11 is 0. The molecule has 0 amide bonds. The van der Waals surface area contributed by atoms with Gasteiger partial charge in [0.15, 0.2) is 0 Å². The molecule has 0 aliphatic carbocycles.